The standard InChI is InChI=1S/C20H22ClN3O4/c1-11(16-9-12-2-3-13(16)8-12)24-19(27)18(26)23(20(24)28)10-17(25)22-15-6-4-14(21)5-7-15/h4-7,11-13,16H,2-3,8-10H2,1H3,(H,22,25)/t11-,12+,13+,16-/m0/s1. The van der Waals surface area contributed by atoms with Gasteiger partial charge in [-0.3, -0.25) is 19.3 Å². The molecule has 4 rings (SSSR count). The predicted octanol–water partition coefficient (Wildman–Crippen LogP) is 2.89. The number of nitrogens with zero attached hydrogens (tertiary/aromatic N) is 2. The van der Waals surface area contributed by atoms with Gasteiger partial charge in [-0.25, -0.2) is 9.69 Å². The number of hydrogen-bond acceptors (Lipinski definition) is 4. The normalized spacial score (nSPS) is 27.6. The van der Waals surface area contributed by atoms with Crippen molar-refractivity contribution >= 4 is 41.0 Å². The number of nitrogens with one attached hydrogen (secondary N) is 1. The number of amides is 5. The zero-order valence-electron chi connectivity index (χ0n) is 15.6. The number of urea groups is 1. The molecule has 1 heterocycles. The van der Waals surface area contributed by atoms with E-state index in [1.165, 1.54) is 6.42 Å². The van der Waals surface area contributed by atoms with Crippen molar-refractivity contribution in [3.05, 3.63) is 29.3 Å². The molecule has 2 aliphatic carbocycles. The van der Waals surface area contributed by atoms with Gasteiger partial charge in [-0.05, 0) is 68.2 Å². The van der Waals surface area contributed by atoms with Gasteiger partial charge in [0.05, 0.1) is 0 Å². The number of hydrogen-bond donors (Lipinski definition) is 1. The van der Waals surface area contributed by atoms with Crippen LogP contribution in [0.15, 0.2) is 24.3 Å². The van der Waals surface area contributed by atoms with Crippen LogP contribution in [0.3, 0.4) is 0 Å². The number of halogens is 1. The minimum Gasteiger partial charge on any atom is -0.325 e. The summed E-state index contributed by atoms with van der Waals surface area (Å²) in [5.74, 6) is -0.903. The van der Waals surface area contributed by atoms with Crippen LogP contribution >= 0.6 is 11.6 Å². The van der Waals surface area contributed by atoms with Gasteiger partial charge in [-0.15, -0.1) is 0 Å². The van der Waals surface area contributed by atoms with E-state index < -0.39 is 30.3 Å². The summed E-state index contributed by atoms with van der Waals surface area (Å²) in [4.78, 5) is 51.7. The summed E-state index contributed by atoms with van der Waals surface area (Å²) in [7, 11) is 0. The van der Waals surface area contributed by atoms with Crippen molar-refractivity contribution in [1.82, 2.24) is 9.80 Å². The van der Waals surface area contributed by atoms with E-state index >= 15 is 0 Å². The van der Waals surface area contributed by atoms with Gasteiger partial charge < -0.3 is 5.32 Å². The quantitative estimate of drug-likeness (QED) is 0.605. The molecular weight excluding hydrogens is 382 g/mol. The molecule has 5 amide bonds. The van der Waals surface area contributed by atoms with Crippen LogP contribution in [0.1, 0.15) is 32.6 Å². The number of anilines is 1. The topological polar surface area (TPSA) is 86.8 Å². The monoisotopic (exact) mass is 403 g/mol. The number of fused-ring (bicyclic) bond motifs is 2. The lowest BCUT2D eigenvalue weighted by Gasteiger charge is -2.32. The first kappa shape index (κ1) is 18.9. The maximum absolute atomic E-state index is 12.8. The van der Waals surface area contributed by atoms with Crippen molar-refractivity contribution in [2.24, 2.45) is 17.8 Å². The van der Waals surface area contributed by atoms with E-state index in [9.17, 15) is 19.2 Å². The van der Waals surface area contributed by atoms with Crippen LogP contribution < -0.4 is 5.32 Å². The van der Waals surface area contributed by atoms with Gasteiger partial charge in [0.25, 0.3) is 0 Å². The molecule has 1 aromatic carbocycles. The average molecular weight is 404 g/mol. The van der Waals surface area contributed by atoms with Gasteiger partial charge in [-0.1, -0.05) is 18.0 Å². The van der Waals surface area contributed by atoms with E-state index in [1.54, 1.807) is 24.3 Å². The Kier molecular flexibility index (Phi) is 4.87. The highest BCUT2D eigenvalue weighted by Crippen LogP contribution is 2.50. The Labute approximate surface area is 168 Å². The van der Waals surface area contributed by atoms with Crippen LogP contribution in [0.25, 0.3) is 0 Å². The maximum Gasteiger partial charge on any atom is 0.334 e. The van der Waals surface area contributed by atoms with Gasteiger partial charge in [0, 0.05) is 16.8 Å². The highest BCUT2D eigenvalue weighted by molar-refractivity contribution is 6.45. The molecule has 7 nitrogen and oxygen atoms in total. The molecule has 1 N–H and O–H groups in total. The highest BCUT2D eigenvalue weighted by atomic mass is 35.5. The fourth-order valence-corrected chi connectivity index (χ4v) is 5.10. The van der Waals surface area contributed by atoms with Crippen molar-refractivity contribution in [3.63, 3.8) is 0 Å². The van der Waals surface area contributed by atoms with Crippen LogP contribution in [0.2, 0.25) is 5.02 Å². The van der Waals surface area contributed by atoms with Gasteiger partial charge >= 0.3 is 17.8 Å². The number of imide groups is 2. The number of carbonyl (C=O) groups excluding carboxylic acids is 4. The van der Waals surface area contributed by atoms with Crippen molar-refractivity contribution in [1.29, 1.82) is 0 Å². The number of rotatable bonds is 5. The molecule has 0 unspecified atom stereocenters. The molecule has 0 aromatic heterocycles. The molecule has 1 aliphatic heterocycles. The van der Waals surface area contributed by atoms with Crippen LogP contribution in [-0.2, 0) is 14.4 Å². The molecule has 1 aromatic rings. The second-order valence-electron chi connectivity index (χ2n) is 7.98. The fourth-order valence-electron chi connectivity index (χ4n) is 4.97. The second-order valence-corrected chi connectivity index (χ2v) is 8.42. The van der Waals surface area contributed by atoms with E-state index in [1.807, 2.05) is 6.92 Å². The summed E-state index contributed by atoms with van der Waals surface area (Å²) < 4.78 is 0. The third kappa shape index (κ3) is 3.28. The van der Waals surface area contributed by atoms with E-state index in [0.717, 1.165) is 29.1 Å². The zero-order valence-corrected chi connectivity index (χ0v) is 16.3. The molecule has 3 aliphatic rings. The third-order valence-corrected chi connectivity index (χ3v) is 6.59. The molecule has 2 bridgehead atoms. The summed E-state index contributed by atoms with van der Waals surface area (Å²) in [6.07, 6.45) is 4.48. The SMILES string of the molecule is C[C@@H]([C@@H]1C[C@@H]2CC[C@@H]1C2)N1C(=O)C(=O)N(CC(=O)Nc2ccc(Cl)cc2)C1=O. The maximum atomic E-state index is 12.8. The smallest absolute Gasteiger partial charge is 0.325 e. The first-order chi connectivity index (χ1) is 13.3. The molecule has 0 radical (unpaired) electrons. The first-order valence-electron chi connectivity index (χ1n) is 9.59. The molecule has 4 atom stereocenters. The van der Waals surface area contributed by atoms with Crippen LogP contribution in [0, 0.1) is 17.8 Å². The van der Waals surface area contributed by atoms with Gasteiger partial charge in [-0.2, -0.15) is 0 Å². The van der Waals surface area contributed by atoms with E-state index in [0.29, 0.717) is 22.5 Å². The Hall–Kier alpha value is -2.41. The van der Waals surface area contributed by atoms with Crippen molar-refractivity contribution in [2.45, 2.75) is 38.6 Å². The Bertz CT molecular complexity index is 840. The van der Waals surface area contributed by atoms with E-state index in [-0.39, 0.29) is 12.0 Å². The van der Waals surface area contributed by atoms with Crippen LogP contribution in [0.5, 0.6) is 0 Å². The molecule has 1 saturated heterocycles. The highest BCUT2D eigenvalue weighted by Gasteiger charge is 2.52. The molecule has 8 heteroatoms. The molecular formula is C20H22ClN3O4. The molecule has 3 fully saturated rings. The Morgan fingerprint density at radius 2 is 1.86 bits per heavy atom. The molecule has 2 saturated carbocycles. The molecule has 148 valence electrons. The average Bonchev–Trinajstić information content (AvgIpc) is 3.35. The lowest BCUT2D eigenvalue weighted by molar-refractivity contribution is -0.144. The summed E-state index contributed by atoms with van der Waals surface area (Å²) in [5, 5.41) is 3.13. The van der Waals surface area contributed by atoms with Crippen LogP contribution in [-0.4, -0.2) is 46.1 Å². The first-order valence-corrected chi connectivity index (χ1v) is 9.97. The molecule has 0 spiro atoms. The Morgan fingerprint density at radius 3 is 2.46 bits per heavy atom. The lowest BCUT2D eigenvalue weighted by Crippen LogP contribution is -2.45. The Balaban J connectivity index is 1.43. The summed E-state index contributed by atoms with van der Waals surface area (Å²) in [6.45, 7) is 1.34. The minimum absolute atomic E-state index is 0.238. The lowest BCUT2D eigenvalue weighted by atomic mass is 9.83. The number of benzene rings is 1. The van der Waals surface area contributed by atoms with E-state index in [4.69, 9.17) is 11.6 Å². The summed E-state index contributed by atoms with van der Waals surface area (Å²) >= 11 is 5.81. The van der Waals surface area contributed by atoms with Crippen molar-refractivity contribution in [2.75, 3.05) is 11.9 Å². The fraction of sp³-hybridized carbons (Fsp3) is 0.500. The molecule has 28 heavy (non-hydrogen) atoms. The van der Waals surface area contributed by atoms with Gasteiger partial charge in [0.15, 0.2) is 0 Å². The number of carbonyl (C=O) groups is 4. The Morgan fingerprint density at radius 1 is 1.14 bits per heavy atom. The summed E-state index contributed by atoms with van der Waals surface area (Å²) in [5.41, 5.74) is 0.493. The van der Waals surface area contributed by atoms with Gasteiger partial charge in [0.1, 0.15) is 6.54 Å². The predicted molar refractivity (Wildman–Crippen MR) is 102 cm³/mol. The summed E-state index contributed by atoms with van der Waals surface area (Å²) in [6, 6.07) is 5.43. The zero-order chi connectivity index (χ0) is 20.0. The van der Waals surface area contributed by atoms with Gasteiger partial charge in [0.2, 0.25) is 5.91 Å². The minimum atomic E-state index is -0.939. The second kappa shape index (κ2) is 7.20. The largest absolute Gasteiger partial charge is 0.334 e. The van der Waals surface area contributed by atoms with Crippen LogP contribution in [0.4, 0.5) is 10.5 Å². The van der Waals surface area contributed by atoms with E-state index in [2.05, 4.69) is 5.32 Å². The van der Waals surface area contributed by atoms with Crippen molar-refractivity contribution in [3.8, 4) is 0 Å². The van der Waals surface area contributed by atoms with Crippen molar-refractivity contribution < 1.29 is 19.2 Å². The third-order valence-electron chi connectivity index (χ3n) is 6.33.